The minimum atomic E-state index is -3.74. The second kappa shape index (κ2) is 13.2. The quantitative estimate of drug-likeness (QED) is 0.148. The normalized spacial score (nSPS) is 12.6. The van der Waals surface area contributed by atoms with Gasteiger partial charge in [-0.1, -0.05) is 30.3 Å². The summed E-state index contributed by atoms with van der Waals surface area (Å²) in [5, 5.41) is 26.5. The molecule has 0 aliphatic carbocycles. The van der Waals surface area contributed by atoms with Crippen LogP contribution in [0.5, 0.6) is 0 Å². The van der Waals surface area contributed by atoms with Crippen LogP contribution in [-0.2, 0) is 21.4 Å². The summed E-state index contributed by atoms with van der Waals surface area (Å²) >= 11 is 0. The molecule has 0 saturated carbocycles. The number of fused-ring (bicyclic) bond motifs is 1. The van der Waals surface area contributed by atoms with Crippen molar-refractivity contribution in [2.45, 2.75) is 49.8 Å². The van der Waals surface area contributed by atoms with E-state index in [9.17, 15) is 23.1 Å². The molecule has 4 aromatic rings. The number of carboxylic acids is 1. The molecule has 0 bridgehead atoms. The third kappa shape index (κ3) is 8.19. The van der Waals surface area contributed by atoms with Crippen LogP contribution in [0.25, 0.3) is 10.9 Å². The number of carbonyl (C=O) groups is 2. The van der Waals surface area contributed by atoms with Gasteiger partial charge in [0, 0.05) is 53.5 Å². The van der Waals surface area contributed by atoms with Gasteiger partial charge in [-0.15, -0.1) is 0 Å². The smallest absolute Gasteiger partial charge is 0.305 e. The van der Waals surface area contributed by atoms with Gasteiger partial charge in [-0.25, -0.2) is 8.42 Å². The van der Waals surface area contributed by atoms with Crippen LogP contribution in [0, 0.1) is 0 Å². The number of β-amino-alcohol motifs (C(OH)–C–C–N with tert-alkyl or cyclic N) is 1. The summed E-state index contributed by atoms with van der Waals surface area (Å²) in [7, 11) is -3.74. The lowest BCUT2D eigenvalue weighted by atomic mass is 9.99. The molecule has 5 N–H and O–H groups in total. The van der Waals surface area contributed by atoms with Crippen molar-refractivity contribution >= 4 is 38.5 Å². The molecule has 42 heavy (non-hydrogen) atoms. The SMILES string of the molecule is CC(C)(CCn1ccc2cc(C(=O)NCCC(=O)O)ccc21)NCC(O)c1cccc(NS(=O)(=O)c2ccccc2)c1. The summed E-state index contributed by atoms with van der Waals surface area (Å²) in [6.07, 6.45) is 1.73. The molecule has 0 aliphatic heterocycles. The highest BCUT2D eigenvalue weighted by molar-refractivity contribution is 7.92. The third-order valence-electron chi connectivity index (χ3n) is 6.99. The van der Waals surface area contributed by atoms with E-state index in [0.29, 0.717) is 23.4 Å². The highest BCUT2D eigenvalue weighted by atomic mass is 32.2. The molecule has 0 fully saturated rings. The van der Waals surface area contributed by atoms with Gasteiger partial charge in [0.2, 0.25) is 0 Å². The van der Waals surface area contributed by atoms with Crippen LogP contribution in [-0.4, -0.2) is 53.7 Å². The van der Waals surface area contributed by atoms with Gasteiger partial charge in [0.15, 0.2) is 0 Å². The maximum atomic E-state index is 12.7. The third-order valence-corrected chi connectivity index (χ3v) is 8.38. The summed E-state index contributed by atoms with van der Waals surface area (Å²) in [4.78, 5) is 23.2. The van der Waals surface area contributed by atoms with Crippen molar-refractivity contribution in [3.63, 3.8) is 0 Å². The summed E-state index contributed by atoms with van der Waals surface area (Å²) in [6.45, 7) is 5.14. The highest BCUT2D eigenvalue weighted by Gasteiger charge is 2.21. The lowest BCUT2D eigenvalue weighted by Gasteiger charge is -2.28. The molecule has 222 valence electrons. The molecule has 3 aromatic carbocycles. The lowest BCUT2D eigenvalue weighted by Crippen LogP contribution is -2.42. The van der Waals surface area contributed by atoms with E-state index < -0.39 is 22.1 Å². The molecule has 1 heterocycles. The van der Waals surface area contributed by atoms with Crippen molar-refractivity contribution in [1.82, 2.24) is 15.2 Å². The van der Waals surface area contributed by atoms with Crippen LogP contribution in [0.3, 0.4) is 0 Å². The summed E-state index contributed by atoms with van der Waals surface area (Å²) in [5.74, 6) is -1.28. The fraction of sp³-hybridized carbons (Fsp3) is 0.290. The molecule has 0 radical (unpaired) electrons. The standard InChI is InChI=1S/C31H36N4O6S/c1-31(2,15-18-35-17-14-22-19-24(11-12-27(22)35)30(39)32-16-13-29(37)38)33-21-28(36)23-7-6-8-25(20-23)34-42(40,41)26-9-4-3-5-10-26/h3-12,14,17,19-20,28,33-34,36H,13,15-16,18,21H2,1-2H3,(H,32,39)(H,37,38). The number of aliphatic carboxylic acids is 1. The maximum absolute atomic E-state index is 12.7. The van der Waals surface area contributed by atoms with Crippen molar-refractivity contribution < 1.29 is 28.2 Å². The zero-order valence-electron chi connectivity index (χ0n) is 23.6. The van der Waals surface area contributed by atoms with Gasteiger partial charge in [-0.3, -0.25) is 14.3 Å². The van der Waals surface area contributed by atoms with Crippen molar-refractivity contribution in [3.8, 4) is 0 Å². The second-order valence-corrected chi connectivity index (χ2v) is 12.4. The van der Waals surface area contributed by atoms with E-state index in [4.69, 9.17) is 5.11 Å². The Morgan fingerprint density at radius 3 is 2.48 bits per heavy atom. The maximum Gasteiger partial charge on any atom is 0.305 e. The number of amides is 1. The van der Waals surface area contributed by atoms with Crippen molar-refractivity contribution in [2.24, 2.45) is 0 Å². The number of rotatable bonds is 14. The molecule has 1 unspecified atom stereocenters. The van der Waals surface area contributed by atoms with Crippen LogP contribution >= 0.6 is 0 Å². The van der Waals surface area contributed by atoms with Crippen molar-refractivity contribution in [2.75, 3.05) is 17.8 Å². The first-order valence-electron chi connectivity index (χ1n) is 13.6. The summed E-state index contributed by atoms with van der Waals surface area (Å²) < 4.78 is 30.0. The monoisotopic (exact) mass is 592 g/mol. The van der Waals surface area contributed by atoms with E-state index >= 15 is 0 Å². The number of nitrogens with zero attached hydrogens (tertiary/aromatic N) is 1. The van der Waals surface area contributed by atoms with E-state index in [1.54, 1.807) is 54.6 Å². The Morgan fingerprint density at radius 2 is 1.74 bits per heavy atom. The summed E-state index contributed by atoms with van der Waals surface area (Å²) in [5.41, 5.74) is 2.08. The van der Waals surface area contributed by atoms with Crippen molar-refractivity contribution in [3.05, 3.63) is 96.2 Å². The Labute approximate surface area is 245 Å². The van der Waals surface area contributed by atoms with Crippen molar-refractivity contribution in [1.29, 1.82) is 0 Å². The van der Waals surface area contributed by atoms with Crippen LogP contribution < -0.4 is 15.4 Å². The number of benzene rings is 3. The van der Waals surface area contributed by atoms with Gasteiger partial charge in [0.25, 0.3) is 15.9 Å². The van der Waals surface area contributed by atoms with Crippen LogP contribution in [0.1, 0.15) is 48.7 Å². The zero-order valence-corrected chi connectivity index (χ0v) is 24.4. The Morgan fingerprint density at radius 1 is 0.976 bits per heavy atom. The van der Waals surface area contributed by atoms with E-state index in [0.717, 1.165) is 17.3 Å². The van der Waals surface area contributed by atoms with E-state index in [1.807, 2.05) is 18.3 Å². The molecule has 0 spiro atoms. The summed E-state index contributed by atoms with van der Waals surface area (Å²) in [6, 6.07) is 22.2. The van der Waals surface area contributed by atoms with Gasteiger partial charge in [-0.05, 0) is 74.4 Å². The predicted molar refractivity (Wildman–Crippen MR) is 162 cm³/mol. The number of carbonyl (C=O) groups excluding carboxylic acids is 1. The molecule has 1 amide bonds. The number of aliphatic hydroxyl groups excluding tert-OH is 1. The molecule has 1 atom stereocenters. The van der Waals surface area contributed by atoms with E-state index in [-0.39, 0.29) is 35.9 Å². The van der Waals surface area contributed by atoms with E-state index in [1.165, 1.54) is 12.1 Å². The first kappa shape index (κ1) is 30.8. The Hall–Kier alpha value is -4.19. The minimum Gasteiger partial charge on any atom is -0.481 e. The Kier molecular flexibility index (Phi) is 9.66. The highest BCUT2D eigenvalue weighted by Crippen LogP contribution is 2.23. The lowest BCUT2D eigenvalue weighted by molar-refractivity contribution is -0.136. The number of anilines is 1. The molecule has 4 rings (SSSR count). The minimum absolute atomic E-state index is 0.0719. The topological polar surface area (TPSA) is 150 Å². The Balaban J connectivity index is 1.32. The number of aliphatic hydroxyl groups is 1. The number of aryl methyl sites for hydroxylation is 1. The molecular formula is C31H36N4O6S. The first-order chi connectivity index (χ1) is 19.9. The average Bonchev–Trinajstić information content (AvgIpc) is 3.37. The fourth-order valence-corrected chi connectivity index (χ4v) is 5.59. The number of hydrogen-bond donors (Lipinski definition) is 5. The van der Waals surface area contributed by atoms with Gasteiger partial charge in [-0.2, -0.15) is 0 Å². The molecule has 1 aromatic heterocycles. The number of carboxylic acid groups (broad SMARTS) is 1. The molecule has 10 nitrogen and oxygen atoms in total. The molecule has 0 aliphatic rings. The Bertz CT molecular complexity index is 1650. The van der Waals surface area contributed by atoms with Crippen LogP contribution in [0.2, 0.25) is 0 Å². The predicted octanol–water partition coefficient (Wildman–Crippen LogP) is 4.14. The zero-order chi connectivity index (χ0) is 30.3. The van der Waals surface area contributed by atoms with Gasteiger partial charge in [0.1, 0.15) is 0 Å². The van der Waals surface area contributed by atoms with Gasteiger partial charge >= 0.3 is 5.97 Å². The number of aromatic nitrogens is 1. The number of hydrogen-bond acceptors (Lipinski definition) is 6. The second-order valence-electron chi connectivity index (χ2n) is 10.8. The molecule has 0 saturated heterocycles. The molecular weight excluding hydrogens is 556 g/mol. The van der Waals surface area contributed by atoms with Crippen LogP contribution in [0.4, 0.5) is 5.69 Å². The largest absolute Gasteiger partial charge is 0.481 e. The van der Waals surface area contributed by atoms with Gasteiger partial charge < -0.3 is 25.4 Å². The molecule has 11 heteroatoms. The number of nitrogens with one attached hydrogen (secondary N) is 3. The number of sulfonamides is 1. The fourth-order valence-electron chi connectivity index (χ4n) is 4.52. The van der Waals surface area contributed by atoms with Crippen LogP contribution in [0.15, 0.2) is 90.0 Å². The average molecular weight is 593 g/mol. The van der Waals surface area contributed by atoms with Gasteiger partial charge in [0.05, 0.1) is 17.4 Å². The first-order valence-corrected chi connectivity index (χ1v) is 15.1. The van der Waals surface area contributed by atoms with E-state index in [2.05, 4.69) is 33.8 Å².